The van der Waals surface area contributed by atoms with Crippen molar-refractivity contribution in [3.8, 4) is 0 Å². The molecular formula is C9H20N2O2. The van der Waals surface area contributed by atoms with Crippen LogP contribution in [0.5, 0.6) is 0 Å². The molecule has 0 aromatic heterocycles. The van der Waals surface area contributed by atoms with Crippen molar-refractivity contribution in [2.45, 2.75) is 32.1 Å². The van der Waals surface area contributed by atoms with Gasteiger partial charge >= 0.3 is 0 Å². The Morgan fingerprint density at radius 1 is 1.54 bits per heavy atom. The fraction of sp³-hybridized carbons (Fsp3) is 1.00. The summed E-state index contributed by atoms with van der Waals surface area (Å²) in [6, 6.07) is 0.304. The van der Waals surface area contributed by atoms with Gasteiger partial charge in [0, 0.05) is 25.7 Å². The fourth-order valence-corrected chi connectivity index (χ4v) is 1.41. The molecule has 0 radical (unpaired) electrons. The summed E-state index contributed by atoms with van der Waals surface area (Å²) in [5, 5.41) is 9.51. The van der Waals surface area contributed by atoms with Crippen molar-refractivity contribution in [1.29, 1.82) is 0 Å². The molecule has 4 heteroatoms. The molecule has 1 aliphatic heterocycles. The van der Waals surface area contributed by atoms with Gasteiger partial charge in [0.2, 0.25) is 0 Å². The van der Waals surface area contributed by atoms with Crippen LogP contribution >= 0.6 is 0 Å². The Kier molecular flexibility index (Phi) is 4.12. The maximum Gasteiger partial charge on any atom is 0.0900 e. The standard InChI is InChI=1S/C9H20N2O2/c1-7(2)13-6-9(12)5-11-3-8(10)4-11/h7-9,12H,3-6,10H2,1-2H3. The van der Waals surface area contributed by atoms with Crippen LogP contribution in [0.3, 0.4) is 0 Å². The minimum absolute atomic E-state index is 0.188. The number of nitrogens with zero attached hydrogens (tertiary/aromatic N) is 1. The molecule has 0 saturated carbocycles. The van der Waals surface area contributed by atoms with Crippen LogP contribution in [-0.2, 0) is 4.74 Å². The van der Waals surface area contributed by atoms with Gasteiger partial charge in [0.1, 0.15) is 0 Å². The molecule has 1 atom stereocenters. The molecule has 1 heterocycles. The summed E-state index contributed by atoms with van der Waals surface area (Å²) in [5.74, 6) is 0. The minimum atomic E-state index is -0.380. The third-order valence-electron chi connectivity index (χ3n) is 2.08. The molecule has 0 aliphatic carbocycles. The van der Waals surface area contributed by atoms with Crippen LogP contribution in [0.4, 0.5) is 0 Å². The predicted molar refractivity (Wildman–Crippen MR) is 51.5 cm³/mol. The first kappa shape index (κ1) is 10.9. The molecule has 1 aliphatic rings. The molecule has 0 bridgehead atoms. The van der Waals surface area contributed by atoms with E-state index in [4.69, 9.17) is 10.5 Å². The largest absolute Gasteiger partial charge is 0.389 e. The van der Waals surface area contributed by atoms with E-state index in [0.717, 1.165) is 13.1 Å². The normalized spacial score (nSPS) is 21.9. The van der Waals surface area contributed by atoms with E-state index in [1.807, 2.05) is 13.8 Å². The number of β-amino-alcohol motifs (C(OH)–C–C–N with tert-alkyl or cyclic N) is 1. The van der Waals surface area contributed by atoms with E-state index in [9.17, 15) is 5.11 Å². The van der Waals surface area contributed by atoms with E-state index >= 15 is 0 Å². The Hall–Kier alpha value is -0.160. The topological polar surface area (TPSA) is 58.7 Å². The summed E-state index contributed by atoms with van der Waals surface area (Å²) in [6.07, 6.45) is -0.191. The highest BCUT2D eigenvalue weighted by Gasteiger charge is 2.24. The van der Waals surface area contributed by atoms with Crippen molar-refractivity contribution in [3.05, 3.63) is 0 Å². The lowest BCUT2D eigenvalue weighted by molar-refractivity contribution is -0.0192. The lowest BCUT2D eigenvalue weighted by atomic mass is 10.1. The summed E-state index contributed by atoms with van der Waals surface area (Å²) in [4.78, 5) is 2.14. The molecule has 0 aromatic carbocycles. The smallest absolute Gasteiger partial charge is 0.0900 e. The predicted octanol–water partition coefficient (Wildman–Crippen LogP) is -0.585. The van der Waals surface area contributed by atoms with Gasteiger partial charge in [0.25, 0.3) is 0 Å². The highest BCUT2D eigenvalue weighted by molar-refractivity contribution is 4.83. The lowest BCUT2D eigenvalue weighted by Crippen LogP contribution is -2.57. The van der Waals surface area contributed by atoms with Gasteiger partial charge in [0.05, 0.1) is 18.8 Å². The second kappa shape index (κ2) is 4.91. The first-order chi connectivity index (χ1) is 6.08. The Labute approximate surface area is 79.7 Å². The summed E-state index contributed by atoms with van der Waals surface area (Å²) in [5.41, 5.74) is 5.61. The summed E-state index contributed by atoms with van der Waals surface area (Å²) in [7, 11) is 0. The molecule has 1 rings (SSSR count). The average molecular weight is 188 g/mol. The highest BCUT2D eigenvalue weighted by atomic mass is 16.5. The molecule has 3 N–H and O–H groups in total. The number of nitrogens with two attached hydrogens (primary N) is 1. The number of ether oxygens (including phenoxy) is 1. The number of hydrogen-bond acceptors (Lipinski definition) is 4. The van der Waals surface area contributed by atoms with E-state index < -0.39 is 0 Å². The van der Waals surface area contributed by atoms with E-state index in [-0.39, 0.29) is 12.2 Å². The van der Waals surface area contributed by atoms with Crippen LogP contribution in [0.15, 0.2) is 0 Å². The van der Waals surface area contributed by atoms with Crippen molar-refractivity contribution < 1.29 is 9.84 Å². The number of aliphatic hydroxyl groups excluding tert-OH is 1. The van der Waals surface area contributed by atoms with Crippen LogP contribution in [-0.4, -0.2) is 54.5 Å². The Balaban J connectivity index is 2.01. The number of rotatable bonds is 5. The van der Waals surface area contributed by atoms with E-state index in [1.54, 1.807) is 0 Å². The highest BCUT2D eigenvalue weighted by Crippen LogP contribution is 2.06. The molecule has 1 unspecified atom stereocenters. The second-order valence-corrected chi connectivity index (χ2v) is 4.01. The van der Waals surface area contributed by atoms with E-state index in [2.05, 4.69) is 4.90 Å². The van der Waals surface area contributed by atoms with Crippen LogP contribution in [0.2, 0.25) is 0 Å². The average Bonchev–Trinajstić information content (AvgIpc) is 1.98. The number of aliphatic hydroxyl groups is 1. The third-order valence-corrected chi connectivity index (χ3v) is 2.08. The summed E-state index contributed by atoms with van der Waals surface area (Å²) >= 11 is 0. The van der Waals surface area contributed by atoms with Crippen LogP contribution in [0.25, 0.3) is 0 Å². The maximum atomic E-state index is 9.51. The summed E-state index contributed by atoms with van der Waals surface area (Å²) < 4.78 is 5.29. The fourth-order valence-electron chi connectivity index (χ4n) is 1.41. The third kappa shape index (κ3) is 4.04. The molecule has 78 valence electrons. The zero-order valence-electron chi connectivity index (χ0n) is 8.44. The Bertz CT molecular complexity index is 147. The zero-order valence-corrected chi connectivity index (χ0v) is 8.44. The second-order valence-electron chi connectivity index (χ2n) is 4.01. The lowest BCUT2D eigenvalue weighted by Gasteiger charge is -2.37. The molecular weight excluding hydrogens is 168 g/mol. The van der Waals surface area contributed by atoms with Crippen molar-refractivity contribution in [1.82, 2.24) is 4.90 Å². The van der Waals surface area contributed by atoms with Crippen LogP contribution in [0.1, 0.15) is 13.8 Å². The van der Waals surface area contributed by atoms with Crippen LogP contribution < -0.4 is 5.73 Å². The first-order valence-corrected chi connectivity index (χ1v) is 4.85. The molecule has 0 spiro atoms. The number of likely N-dealkylation sites (tertiary alicyclic amines) is 1. The Morgan fingerprint density at radius 3 is 2.62 bits per heavy atom. The summed E-state index contributed by atoms with van der Waals surface area (Å²) in [6.45, 7) is 6.83. The zero-order chi connectivity index (χ0) is 9.84. The van der Waals surface area contributed by atoms with E-state index in [0.29, 0.717) is 19.2 Å². The maximum absolute atomic E-state index is 9.51. The van der Waals surface area contributed by atoms with Crippen molar-refractivity contribution in [3.63, 3.8) is 0 Å². The van der Waals surface area contributed by atoms with Gasteiger partial charge in [-0.1, -0.05) is 0 Å². The molecule has 4 nitrogen and oxygen atoms in total. The van der Waals surface area contributed by atoms with Gasteiger partial charge in [-0.15, -0.1) is 0 Å². The van der Waals surface area contributed by atoms with E-state index in [1.165, 1.54) is 0 Å². The van der Waals surface area contributed by atoms with Gasteiger partial charge in [-0.25, -0.2) is 0 Å². The molecule has 13 heavy (non-hydrogen) atoms. The molecule has 1 fully saturated rings. The van der Waals surface area contributed by atoms with Gasteiger partial charge in [-0.2, -0.15) is 0 Å². The first-order valence-electron chi connectivity index (χ1n) is 4.85. The quantitative estimate of drug-likeness (QED) is 0.606. The van der Waals surface area contributed by atoms with Gasteiger partial charge in [0.15, 0.2) is 0 Å². The van der Waals surface area contributed by atoms with Gasteiger partial charge in [-0.05, 0) is 13.8 Å². The molecule has 0 aromatic rings. The Morgan fingerprint density at radius 2 is 2.15 bits per heavy atom. The monoisotopic (exact) mass is 188 g/mol. The molecule has 1 saturated heterocycles. The SMILES string of the molecule is CC(C)OCC(O)CN1CC(N)C1. The van der Waals surface area contributed by atoms with Crippen molar-refractivity contribution in [2.75, 3.05) is 26.2 Å². The van der Waals surface area contributed by atoms with Crippen molar-refractivity contribution >= 4 is 0 Å². The van der Waals surface area contributed by atoms with Gasteiger partial charge in [-0.3, -0.25) is 4.90 Å². The van der Waals surface area contributed by atoms with Gasteiger partial charge < -0.3 is 15.6 Å². The molecule has 0 amide bonds. The minimum Gasteiger partial charge on any atom is -0.389 e. The van der Waals surface area contributed by atoms with Crippen molar-refractivity contribution in [2.24, 2.45) is 5.73 Å². The van der Waals surface area contributed by atoms with Crippen LogP contribution in [0, 0.1) is 0 Å². The number of hydrogen-bond donors (Lipinski definition) is 2.